The van der Waals surface area contributed by atoms with Crippen LogP contribution in [0, 0.1) is 27.7 Å². The highest BCUT2D eigenvalue weighted by Gasteiger charge is 2.23. The van der Waals surface area contributed by atoms with Crippen molar-refractivity contribution in [3.63, 3.8) is 0 Å². The molecule has 61 heavy (non-hydrogen) atoms. The molecule has 2 aliphatic rings. The molecule has 6 N–H and O–H groups in total. The minimum absolute atomic E-state index is 0.0282. The van der Waals surface area contributed by atoms with Gasteiger partial charge in [-0.2, -0.15) is 19.9 Å². The maximum absolute atomic E-state index is 12.0. The number of aromatic nitrogens is 6. The smallest absolute Gasteiger partial charge is 0.253 e. The summed E-state index contributed by atoms with van der Waals surface area (Å²) in [6.07, 6.45) is 4.06. The van der Waals surface area contributed by atoms with E-state index in [9.17, 15) is 4.79 Å². The van der Waals surface area contributed by atoms with Crippen LogP contribution in [0.2, 0.25) is 0 Å². The Kier molecular flexibility index (Phi) is 13.4. The van der Waals surface area contributed by atoms with E-state index in [0.29, 0.717) is 46.9 Å². The van der Waals surface area contributed by atoms with Crippen LogP contribution < -0.4 is 26.8 Å². The summed E-state index contributed by atoms with van der Waals surface area (Å²) in [6.45, 7) is 13.8. The van der Waals surface area contributed by atoms with E-state index >= 15 is 0 Å². The maximum Gasteiger partial charge on any atom is 0.253 e. The molecule has 15 heteroatoms. The van der Waals surface area contributed by atoms with Crippen molar-refractivity contribution in [2.75, 3.05) is 69.5 Å². The van der Waals surface area contributed by atoms with Gasteiger partial charge in [-0.05, 0) is 112 Å². The van der Waals surface area contributed by atoms with E-state index in [1.807, 2.05) is 76.2 Å². The first kappa shape index (κ1) is 42.9. The van der Waals surface area contributed by atoms with E-state index in [0.717, 1.165) is 110 Å². The van der Waals surface area contributed by atoms with Crippen molar-refractivity contribution in [2.24, 2.45) is 0 Å². The van der Waals surface area contributed by atoms with E-state index in [1.165, 1.54) is 11.1 Å². The topological polar surface area (TPSA) is 189 Å². The summed E-state index contributed by atoms with van der Waals surface area (Å²) >= 11 is 0. The number of amides is 1. The third kappa shape index (κ3) is 10.8. The molecule has 0 bridgehead atoms. The highest BCUT2D eigenvalue weighted by Crippen LogP contribution is 2.26. The third-order valence-electron chi connectivity index (χ3n) is 11.4. The molecule has 0 saturated carbocycles. The minimum Gasteiger partial charge on any atom is -0.497 e. The second-order valence-corrected chi connectivity index (χ2v) is 16.6. The van der Waals surface area contributed by atoms with Gasteiger partial charge in [-0.25, -0.2) is 9.97 Å². The summed E-state index contributed by atoms with van der Waals surface area (Å²) in [5.41, 5.74) is 20.9. The number of nitrogen functional groups attached to an aromatic ring is 2. The number of nitrogens with zero attached hydrogens (tertiary/aromatic N) is 9. The number of piperidine rings is 2. The first-order valence-electron chi connectivity index (χ1n) is 21.1. The van der Waals surface area contributed by atoms with E-state index in [4.69, 9.17) is 16.2 Å². The molecule has 0 atom stereocenters. The zero-order valence-electron chi connectivity index (χ0n) is 36.5. The number of nitrogens with two attached hydrogens (primary N) is 2. The lowest BCUT2D eigenvalue weighted by atomic mass is 10.0. The molecule has 6 aromatic rings. The van der Waals surface area contributed by atoms with Gasteiger partial charge in [-0.1, -0.05) is 24.3 Å². The Morgan fingerprint density at radius 3 is 1.61 bits per heavy atom. The average molecular weight is 826 g/mol. The molecule has 8 rings (SSSR count). The molecule has 0 aliphatic carbocycles. The van der Waals surface area contributed by atoms with Gasteiger partial charge in [0.1, 0.15) is 17.4 Å². The number of aryl methyl sites for hydroxylation is 4. The largest absolute Gasteiger partial charge is 0.497 e. The van der Waals surface area contributed by atoms with E-state index < -0.39 is 0 Å². The van der Waals surface area contributed by atoms with Gasteiger partial charge in [0.25, 0.3) is 5.91 Å². The molecule has 4 aromatic heterocycles. The number of hydrogen-bond donors (Lipinski definition) is 4. The number of rotatable bonds is 10. The summed E-state index contributed by atoms with van der Waals surface area (Å²) in [5.74, 6) is 3.00. The van der Waals surface area contributed by atoms with Gasteiger partial charge in [0, 0.05) is 82.4 Å². The standard InChI is InChI=1S/C24H31N7O.C22H28N6O/c1-15-13-16(2)26-22-20(15)21(25)28-24(29-22)27-19-9-11-31(12-10-19)14-17-5-7-18(8-6-17)23(32)30(3)4;1-14-11-15(2)24-21-19(14)20(23)26-22(27-21)25-17-7-9-28(10-8-17)13-16-5-4-6-18(12-16)29-3/h5-8,13,19H,9-12,14H2,1-4H3,(H3,25,26,27,28,29);4-6,11-12,17H,7-10,13H2,1-3H3,(H3,23,24,25,26,27). The Morgan fingerprint density at radius 2 is 1.15 bits per heavy atom. The van der Waals surface area contributed by atoms with Crippen LogP contribution in [0.3, 0.4) is 0 Å². The van der Waals surface area contributed by atoms with E-state index in [-0.39, 0.29) is 5.91 Å². The molecule has 0 unspecified atom stereocenters. The molecule has 2 aliphatic heterocycles. The van der Waals surface area contributed by atoms with Crippen molar-refractivity contribution < 1.29 is 9.53 Å². The monoisotopic (exact) mass is 825 g/mol. The summed E-state index contributed by atoms with van der Waals surface area (Å²) in [5, 5.41) is 8.59. The first-order chi connectivity index (χ1) is 29.3. The molecular weight excluding hydrogens is 767 g/mol. The number of pyridine rings is 2. The number of benzene rings is 2. The number of carbonyl (C=O) groups is 1. The molecular formula is C46H59N13O2. The van der Waals surface area contributed by atoms with Crippen LogP contribution in [0.5, 0.6) is 5.75 Å². The minimum atomic E-state index is 0.0282. The van der Waals surface area contributed by atoms with Crippen molar-refractivity contribution in [3.05, 3.63) is 99.9 Å². The highest BCUT2D eigenvalue weighted by molar-refractivity contribution is 5.94. The lowest BCUT2D eigenvalue weighted by molar-refractivity contribution is 0.0827. The van der Waals surface area contributed by atoms with E-state index in [1.54, 1.807) is 26.1 Å². The molecule has 1 amide bonds. The van der Waals surface area contributed by atoms with Crippen LogP contribution in [-0.4, -0.2) is 110 Å². The van der Waals surface area contributed by atoms with Gasteiger partial charge in [0.15, 0.2) is 11.3 Å². The van der Waals surface area contributed by atoms with Crippen molar-refractivity contribution >= 4 is 51.5 Å². The van der Waals surface area contributed by atoms with Gasteiger partial charge in [-0.3, -0.25) is 14.6 Å². The summed E-state index contributed by atoms with van der Waals surface area (Å²) in [7, 11) is 5.24. The van der Waals surface area contributed by atoms with Gasteiger partial charge in [0.05, 0.1) is 17.9 Å². The molecule has 2 fully saturated rings. The average Bonchev–Trinajstić information content (AvgIpc) is 3.22. The Bertz CT molecular complexity index is 2480. The van der Waals surface area contributed by atoms with Gasteiger partial charge in [0.2, 0.25) is 11.9 Å². The SMILES string of the molecule is COc1cccc(CN2CCC(Nc3nc(N)c4c(C)cc(C)nc4n3)CC2)c1.Cc1cc(C)c2c(N)nc(NC3CCN(Cc4ccc(C(=O)N(C)C)cc4)CC3)nc2n1. The predicted octanol–water partition coefficient (Wildman–Crippen LogP) is 6.31. The van der Waals surface area contributed by atoms with Crippen LogP contribution in [0.1, 0.15) is 69.7 Å². The molecule has 2 aromatic carbocycles. The highest BCUT2D eigenvalue weighted by atomic mass is 16.5. The van der Waals surface area contributed by atoms with Crippen molar-refractivity contribution in [2.45, 2.75) is 78.6 Å². The quantitative estimate of drug-likeness (QED) is 0.120. The number of ether oxygens (including phenoxy) is 1. The molecule has 0 spiro atoms. The lowest BCUT2D eigenvalue weighted by Gasteiger charge is -2.32. The van der Waals surface area contributed by atoms with E-state index in [2.05, 4.69) is 62.5 Å². The Morgan fingerprint density at radius 1 is 0.672 bits per heavy atom. The summed E-state index contributed by atoms with van der Waals surface area (Å²) < 4.78 is 5.32. The van der Waals surface area contributed by atoms with Crippen LogP contribution >= 0.6 is 0 Å². The molecule has 15 nitrogen and oxygen atoms in total. The molecule has 0 radical (unpaired) electrons. The fraction of sp³-hybridized carbons (Fsp3) is 0.413. The van der Waals surface area contributed by atoms with Crippen LogP contribution in [0.15, 0.2) is 60.7 Å². The molecule has 2 saturated heterocycles. The normalized spacial score (nSPS) is 15.3. The number of hydrogen-bond acceptors (Lipinski definition) is 14. The number of anilines is 4. The number of nitrogens with one attached hydrogen (secondary N) is 2. The number of carbonyl (C=O) groups excluding carboxylic acids is 1. The zero-order valence-corrected chi connectivity index (χ0v) is 36.5. The fourth-order valence-electron chi connectivity index (χ4n) is 8.28. The summed E-state index contributed by atoms with van der Waals surface area (Å²) in [6, 6.07) is 20.8. The van der Waals surface area contributed by atoms with Crippen molar-refractivity contribution in [1.29, 1.82) is 0 Å². The summed E-state index contributed by atoms with van der Waals surface area (Å²) in [4.78, 5) is 45.8. The van der Waals surface area contributed by atoms with Crippen LogP contribution in [0.25, 0.3) is 22.1 Å². The number of methoxy groups -OCH3 is 1. The second kappa shape index (κ2) is 19.0. The predicted molar refractivity (Wildman–Crippen MR) is 244 cm³/mol. The van der Waals surface area contributed by atoms with Crippen molar-refractivity contribution in [3.8, 4) is 5.75 Å². The zero-order chi connectivity index (χ0) is 43.2. The third-order valence-corrected chi connectivity index (χ3v) is 11.4. The number of likely N-dealkylation sites (tertiary alicyclic amines) is 2. The Hall–Kier alpha value is -6.19. The van der Waals surface area contributed by atoms with Crippen LogP contribution in [-0.2, 0) is 13.1 Å². The lowest BCUT2D eigenvalue weighted by Crippen LogP contribution is -2.39. The van der Waals surface area contributed by atoms with Gasteiger partial charge in [-0.15, -0.1) is 0 Å². The fourth-order valence-corrected chi connectivity index (χ4v) is 8.28. The molecule has 6 heterocycles. The molecule has 320 valence electrons. The van der Waals surface area contributed by atoms with Crippen LogP contribution in [0.4, 0.5) is 23.5 Å². The number of fused-ring (bicyclic) bond motifs is 2. The second-order valence-electron chi connectivity index (χ2n) is 16.6. The first-order valence-corrected chi connectivity index (χ1v) is 21.1. The van der Waals surface area contributed by atoms with Crippen molar-refractivity contribution in [1.82, 2.24) is 44.6 Å². The van der Waals surface area contributed by atoms with Gasteiger partial charge >= 0.3 is 0 Å². The van der Waals surface area contributed by atoms with Gasteiger partial charge < -0.3 is 31.7 Å². The Balaban J connectivity index is 0.000000185. The Labute approximate surface area is 358 Å². The maximum atomic E-state index is 12.0.